The molecule has 5 nitrogen and oxygen atoms in total. The van der Waals surface area contributed by atoms with Crippen LogP contribution in [0.15, 0.2) is 82.6 Å². The van der Waals surface area contributed by atoms with Crippen molar-refractivity contribution in [3.8, 4) is 11.1 Å². The molecule has 170 valence electrons. The Hall–Kier alpha value is -2.19. The van der Waals surface area contributed by atoms with E-state index in [4.69, 9.17) is 11.6 Å². The summed E-state index contributed by atoms with van der Waals surface area (Å²) >= 11 is 6.19. The van der Waals surface area contributed by atoms with Gasteiger partial charge in [0.25, 0.3) is 0 Å². The Morgan fingerprint density at radius 3 is 2.09 bits per heavy atom. The normalized spacial score (nSPS) is 12.4. The van der Waals surface area contributed by atoms with Crippen molar-refractivity contribution in [1.82, 2.24) is 4.31 Å². The van der Waals surface area contributed by atoms with Gasteiger partial charge in [0.1, 0.15) is 4.90 Å². The molecule has 3 rings (SSSR count). The van der Waals surface area contributed by atoms with Gasteiger partial charge in [-0.05, 0) is 52.9 Å². The highest BCUT2D eigenvalue weighted by atomic mass is 35.5. The lowest BCUT2D eigenvalue weighted by atomic mass is 10.0. The zero-order chi connectivity index (χ0) is 23.5. The van der Waals surface area contributed by atoms with Gasteiger partial charge >= 0.3 is 0 Å². The third-order valence-electron chi connectivity index (χ3n) is 4.90. The molecule has 32 heavy (non-hydrogen) atoms. The highest BCUT2D eigenvalue weighted by Gasteiger charge is 2.27. The third kappa shape index (κ3) is 5.78. The fraction of sp³-hybridized carbons (Fsp3) is 0.250. The minimum Gasteiger partial charge on any atom is -0.224 e. The molecule has 8 heteroatoms. The standard InChI is InChI=1S/C24H26ClNO4S2/c1-18(2)16-26(32(29,30)24-13-5-4-12-23(24)25)17-19-8-6-9-20(14-19)21-10-7-11-22(15-21)31(3,27)28/h4-15,18H,16-17H2,1-3H3. The molecule has 3 aromatic rings. The minimum atomic E-state index is -3.81. The van der Waals surface area contributed by atoms with Gasteiger partial charge in [0.15, 0.2) is 9.84 Å². The van der Waals surface area contributed by atoms with Crippen LogP contribution in [0.4, 0.5) is 0 Å². The summed E-state index contributed by atoms with van der Waals surface area (Å²) in [5.41, 5.74) is 2.36. The molecule has 0 fully saturated rings. The van der Waals surface area contributed by atoms with Gasteiger partial charge in [-0.1, -0.05) is 67.9 Å². The van der Waals surface area contributed by atoms with E-state index in [-0.39, 0.29) is 27.3 Å². The number of hydrogen-bond donors (Lipinski definition) is 0. The summed E-state index contributed by atoms with van der Waals surface area (Å²) < 4.78 is 52.0. The molecule has 3 aromatic carbocycles. The van der Waals surface area contributed by atoms with Crippen molar-refractivity contribution >= 4 is 31.5 Å². The SMILES string of the molecule is CC(C)CN(Cc1cccc(-c2cccc(S(C)(=O)=O)c2)c1)S(=O)(=O)c1ccccc1Cl. The Kier molecular flexibility index (Phi) is 7.45. The van der Waals surface area contributed by atoms with E-state index < -0.39 is 19.9 Å². The predicted molar refractivity (Wildman–Crippen MR) is 129 cm³/mol. The first-order valence-electron chi connectivity index (χ1n) is 10.1. The van der Waals surface area contributed by atoms with Crippen LogP contribution >= 0.6 is 11.6 Å². The van der Waals surface area contributed by atoms with Crippen LogP contribution in [0, 0.1) is 5.92 Å². The average Bonchev–Trinajstić information content (AvgIpc) is 2.73. The summed E-state index contributed by atoms with van der Waals surface area (Å²) in [4.78, 5) is 0.322. The van der Waals surface area contributed by atoms with Crippen molar-refractivity contribution < 1.29 is 16.8 Å². The van der Waals surface area contributed by atoms with Gasteiger partial charge in [0, 0.05) is 19.3 Å². The second-order valence-corrected chi connectivity index (χ2v) is 12.5. The third-order valence-corrected chi connectivity index (χ3v) is 8.33. The van der Waals surface area contributed by atoms with Gasteiger partial charge in [-0.25, -0.2) is 16.8 Å². The zero-order valence-electron chi connectivity index (χ0n) is 18.2. The molecule has 0 aliphatic rings. The molecule has 0 aromatic heterocycles. The van der Waals surface area contributed by atoms with E-state index in [1.54, 1.807) is 36.4 Å². The van der Waals surface area contributed by atoms with Crippen LogP contribution in [0.5, 0.6) is 0 Å². The lowest BCUT2D eigenvalue weighted by molar-refractivity contribution is 0.362. The van der Waals surface area contributed by atoms with Crippen molar-refractivity contribution in [2.24, 2.45) is 5.92 Å². The Balaban J connectivity index is 1.98. The Morgan fingerprint density at radius 2 is 1.47 bits per heavy atom. The van der Waals surface area contributed by atoms with Crippen LogP contribution in [0.1, 0.15) is 19.4 Å². The second kappa shape index (κ2) is 9.75. The number of hydrogen-bond acceptors (Lipinski definition) is 4. The van der Waals surface area contributed by atoms with Gasteiger partial charge in [0.05, 0.1) is 9.92 Å². The summed E-state index contributed by atoms with van der Waals surface area (Å²) in [6.07, 6.45) is 1.17. The van der Waals surface area contributed by atoms with Crippen LogP contribution in [0.2, 0.25) is 5.02 Å². The lowest BCUT2D eigenvalue weighted by Gasteiger charge is -2.25. The summed E-state index contributed by atoms with van der Waals surface area (Å²) in [5.74, 6) is 0.113. The molecule has 0 radical (unpaired) electrons. The Morgan fingerprint density at radius 1 is 0.844 bits per heavy atom. The number of nitrogens with zero attached hydrogens (tertiary/aromatic N) is 1. The molecule has 0 saturated carbocycles. The van der Waals surface area contributed by atoms with Gasteiger partial charge in [-0.3, -0.25) is 0 Å². The van der Waals surface area contributed by atoms with E-state index in [2.05, 4.69) is 0 Å². The molecule has 0 unspecified atom stereocenters. The number of sulfonamides is 1. The second-order valence-electron chi connectivity index (χ2n) is 8.12. The summed E-state index contributed by atoms with van der Waals surface area (Å²) in [6, 6.07) is 20.6. The van der Waals surface area contributed by atoms with Crippen LogP contribution in [-0.4, -0.2) is 33.9 Å². The molecule has 0 saturated heterocycles. The van der Waals surface area contributed by atoms with Crippen molar-refractivity contribution in [1.29, 1.82) is 0 Å². The monoisotopic (exact) mass is 491 g/mol. The van der Waals surface area contributed by atoms with Crippen molar-refractivity contribution in [3.05, 3.63) is 83.4 Å². The molecular formula is C24H26ClNO4S2. The maximum atomic E-state index is 13.4. The van der Waals surface area contributed by atoms with Gasteiger partial charge < -0.3 is 0 Å². The smallest absolute Gasteiger partial charge is 0.224 e. The first-order chi connectivity index (χ1) is 15.0. The van der Waals surface area contributed by atoms with Gasteiger partial charge in [-0.15, -0.1) is 0 Å². The first-order valence-corrected chi connectivity index (χ1v) is 13.8. The predicted octanol–water partition coefficient (Wildman–Crippen LogP) is 5.26. The topological polar surface area (TPSA) is 71.5 Å². The highest BCUT2D eigenvalue weighted by molar-refractivity contribution is 7.90. The van der Waals surface area contributed by atoms with E-state index in [0.717, 1.165) is 16.7 Å². The largest absolute Gasteiger partial charge is 0.244 e. The van der Waals surface area contributed by atoms with Crippen molar-refractivity contribution in [3.63, 3.8) is 0 Å². The number of sulfone groups is 1. The number of halogens is 1. The number of rotatable bonds is 8. The van der Waals surface area contributed by atoms with Gasteiger partial charge in [0.2, 0.25) is 10.0 Å². The summed E-state index contributed by atoms with van der Waals surface area (Å²) in [5, 5.41) is 0.188. The van der Waals surface area contributed by atoms with Gasteiger partial charge in [-0.2, -0.15) is 4.31 Å². The van der Waals surface area contributed by atoms with Crippen molar-refractivity contribution in [2.45, 2.75) is 30.2 Å². The van der Waals surface area contributed by atoms with E-state index >= 15 is 0 Å². The molecule has 0 heterocycles. The van der Waals surface area contributed by atoms with E-state index in [0.29, 0.717) is 6.54 Å². The average molecular weight is 492 g/mol. The van der Waals surface area contributed by atoms with Crippen LogP contribution < -0.4 is 0 Å². The molecule has 0 N–H and O–H groups in total. The fourth-order valence-corrected chi connectivity index (χ4v) is 6.16. The van der Waals surface area contributed by atoms with E-state index in [1.807, 2.05) is 44.2 Å². The molecular weight excluding hydrogens is 466 g/mol. The Labute approximate surface area is 195 Å². The molecule has 0 aliphatic heterocycles. The van der Waals surface area contributed by atoms with Crippen LogP contribution in [0.3, 0.4) is 0 Å². The minimum absolute atomic E-state index is 0.0827. The van der Waals surface area contributed by atoms with E-state index in [9.17, 15) is 16.8 Å². The zero-order valence-corrected chi connectivity index (χ0v) is 20.6. The Bertz CT molecular complexity index is 1320. The highest BCUT2D eigenvalue weighted by Crippen LogP contribution is 2.28. The van der Waals surface area contributed by atoms with E-state index in [1.165, 1.54) is 16.6 Å². The first kappa shape index (κ1) is 24.5. The maximum absolute atomic E-state index is 13.4. The van der Waals surface area contributed by atoms with Crippen LogP contribution in [0.25, 0.3) is 11.1 Å². The molecule has 0 aliphatic carbocycles. The molecule has 0 atom stereocenters. The molecule has 0 spiro atoms. The van der Waals surface area contributed by atoms with Crippen LogP contribution in [-0.2, 0) is 26.4 Å². The molecule has 0 bridgehead atoms. The van der Waals surface area contributed by atoms with Crippen molar-refractivity contribution in [2.75, 3.05) is 12.8 Å². The fourth-order valence-electron chi connectivity index (χ4n) is 3.41. The summed E-state index contributed by atoms with van der Waals surface area (Å²) in [6.45, 7) is 4.43. The quantitative estimate of drug-likeness (QED) is 0.431. The molecule has 0 amide bonds. The lowest BCUT2D eigenvalue weighted by Crippen LogP contribution is -2.34. The maximum Gasteiger partial charge on any atom is 0.244 e. The number of benzene rings is 3. The summed E-state index contributed by atoms with van der Waals surface area (Å²) in [7, 11) is -7.14.